The maximum absolute atomic E-state index is 15.0. The molecule has 3 rings (SSSR count). The lowest BCUT2D eigenvalue weighted by Gasteiger charge is -2.41. The van der Waals surface area contributed by atoms with Gasteiger partial charge in [-0.1, -0.05) is 0 Å². The molecule has 0 aliphatic carbocycles. The highest BCUT2D eigenvalue weighted by molar-refractivity contribution is 5.90. The monoisotopic (exact) mass is 470 g/mol. The third-order valence-corrected chi connectivity index (χ3v) is 5.66. The molecule has 2 aliphatic heterocycles. The molecule has 1 aromatic rings. The van der Waals surface area contributed by atoms with Gasteiger partial charge in [0.05, 0.1) is 31.9 Å². The molecule has 2 aliphatic rings. The third kappa shape index (κ3) is 5.69. The number of methoxy groups -OCH3 is 1. The zero-order valence-electron chi connectivity index (χ0n) is 18.6. The number of nitrogens with one attached hydrogen (secondary N) is 1. The van der Waals surface area contributed by atoms with Gasteiger partial charge in [-0.05, 0) is 0 Å². The molecule has 2 amide bonds. The van der Waals surface area contributed by atoms with E-state index in [0.29, 0.717) is 12.8 Å². The minimum atomic E-state index is -0.906. The van der Waals surface area contributed by atoms with Gasteiger partial charge in [-0.3, -0.25) is 14.5 Å². The topological polar surface area (TPSA) is 123 Å². The summed E-state index contributed by atoms with van der Waals surface area (Å²) in [5.74, 6) is -2.51. The lowest BCUT2D eigenvalue weighted by atomic mass is 9.91. The van der Waals surface area contributed by atoms with Crippen molar-refractivity contribution in [2.45, 2.75) is 31.5 Å². The van der Waals surface area contributed by atoms with Gasteiger partial charge in [-0.15, -0.1) is 0 Å². The molecule has 2 heterocycles. The first-order valence-corrected chi connectivity index (χ1v) is 10.6. The molecule has 2 fully saturated rings. The van der Waals surface area contributed by atoms with Crippen LogP contribution in [0.15, 0.2) is 12.1 Å². The summed E-state index contributed by atoms with van der Waals surface area (Å²) in [5.41, 5.74) is 4.23. The number of piperidine rings is 1. The molecule has 1 aromatic carbocycles. The number of nitrogens with zero attached hydrogens (tertiary/aromatic N) is 2. The zero-order valence-corrected chi connectivity index (χ0v) is 18.6. The summed E-state index contributed by atoms with van der Waals surface area (Å²) in [6.07, 6.45) is -0.771. The van der Waals surface area contributed by atoms with Crippen molar-refractivity contribution < 1.29 is 37.4 Å². The van der Waals surface area contributed by atoms with Gasteiger partial charge < -0.3 is 30.2 Å². The molecule has 12 heteroatoms. The fraction of sp³-hybridized carbons (Fsp3) is 0.571. The van der Waals surface area contributed by atoms with E-state index in [2.05, 4.69) is 5.32 Å². The fourth-order valence-corrected chi connectivity index (χ4v) is 4.07. The first-order valence-electron chi connectivity index (χ1n) is 10.6. The normalized spacial score (nSPS) is 19.9. The van der Waals surface area contributed by atoms with Gasteiger partial charge in [-0.25, -0.2) is 13.6 Å². The van der Waals surface area contributed by atoms with Crippen LogP contribution < -0.4 is 20.9 Å². The summed E-state index contributed by atoms with van der Waals surface area (Å²) in [5, 5.41) is 2.54. The molecule has 0 radical (unpaired) electrons. The Morgan fingerprint density at radius 1 is 1.27 bits per heavy atom. The summed E-state index contributed by atoms with van der Waals surface area (Å²) < 4.78 is 45.8. The third-order valence-electron chi connectivity index (χ3n) is 5.66. The highest BCUT2D eigenvalue weighted by Crippen LogP contribution is 2.35. The van der Waals surface area contributed by atoms with Crippen LogP contribution >= 0.6 is 0 Å². The van der Waals surface area contributed by atoms with Crippen molar-refractivity contribution in [3.63, 3.8) is 0 Å². The fourth-order valence-electron chi connectivity index (χ4n) is 4.07. The first kappa shape index (κ1) is 24.6. The Kier molecular flexibility index (Phi) is 7.69. The Morgan fingerprint density at radius 2 is 1.91 bits per heavy atom. The van der Waals surface area contributed by atoms with Crippen LogP contribution in [0.25, 0.3) is 0 Å². The van der Waals surface area contributed by atoms with Gasteiger partial charge in [0, 0.05) is 52.1 Å². The quantitative estimate of drug-likeness (QED) is 0.538. The number of ether oxygens (including phenoxy) is 3. The minimum absolute atomic E-state index is 0.0201. The largest absolute Gasteiger partial charge is 0.456 e. The lowest BCUT2D eigenvalue weighted by Crippen LogP contribution is -2.51. The number of esters is 1. The number of carbonyl (C=O) groups is 3. The second-order valence-electron chi connectivity index (χ2n) is 8.09. The Bertz CT molecular complexity index is 884. The van der Waals surface area contributed by atoms with Crippen molar-refractivity contribution in [3.8, 4) is 0 Å². The van der Waals surface area contributed by atoms with Crippen LogP contribution in [-0.4, -0.2) is 76.1 Å². The molecule has 1 atom stereocenters. The molecule has 0 spiro atoms. The first-order chi connectivity index (χ1) is 15.7. The molecule has 0 aromatic heterocycles. The predicted molar refractivity (Wildman–Crippen MR) is 114 cm³/mol. The molecule has 10 nitrogen and oxygen atoms in total. The average Bonchev–Trinajstić information content (AvgIpc) is 3.14. The Morgan fingerprint density at radius 3 is 2.45 bits per heavy atom. The number of benzene rings is 1. The maximum atomic E-state index is 15.0. The molecular formula is C21H28F2N4O6. The number of halogens is 2. The summed E-state index contributed by atoms with van der Waals surface area (Å²) in [7, 11) is 1.48. The van der Waals surface area contributed by atoms with Crippen LogP contribution in [0.3, 0.4) is 0 Å². The van der Waals surface area contributed by atoms with Gasteiger partial charge in [0.15, 0.2) is 11.6 Å². The van der Waals surface area contributed by atoms with Crippen LogP contribution in [0, 0.1) is 11.6 Å². The molecule has 0 saturated carbocycles. The van der Waals surface area contributed by atoms with Crippen molar-refractivity contribution in [1.29, 1.82) is 0 Å². The van der Waals surface area contributed by atoms with Crippen molar-refractivity contribution in [2.24, 2.45) is 5.73 Å². The Balaban J connectivity index is 1.72. The number of rotatable bonds is 8. The second kappa shape index (κ2) is 10.3. The van der Waals surface area contributed by atoms with E-state index in [1.54, 1.807) is 0 Å². The number of carbonyl (C=O) groups excluding carboxylic acids is 3. The van der Waals surface area contributed by atoms with Crippen molar-refractivity contribution in [1.82, 2.24) is 5.32 Å². The summed E-state index contributed by atoms with van der Waals surface area (Å²) in [4.78, 5) is 37.6. The number of cyclic esters (lactones) is 1. The van der Waals surface area contributed by atoms with E-state index < -0.39 is 35.4 Å². The van der Waals surface area contributed by atoms with E-state index in [9.17, 15) is 23.2 Å². The summed E-state index contributed by atoms with van der Waals surface area (Å²) in [6.45, 7) is 1.80. The standard InChI is InChI=1S/C21H28F2N4O6/c1-13(28)25-10-15-11-27(20(30)32-15)14-7-16(22)19(17(23)8-14)26-5-3-21(4-6-26,12-31-2)33-18(29)9-24/h7-8,15H,3-6,9-12,24H2,1-2H3,(H,25,28). The molecule has 0 bridgehead atoms. The highest BCUT2D eigenvalue weighted by atomic mass is 19.1. The number of hydrogen-bond donors (Lipinski definition) is 2. The number of anilines is 2. The van der Waals surface area contributed by atoms with E-state index in [0.717, 1.165) is 17.0 Å². The molecule has 33 heavy (non-hydrogen) atoms. The molecular weight excluding hydrogens is 442 g/mol. The van der Waals surface area contributed by atoms with E-state index in [1.807, 2.05) is 0 Å². The molecule has 182 valence electrons. The van der Waals surface area contributed by atoms with Gasteiger partial charge in [0.2, 0.25) is 5.91 Å². The van der Waals surface area contributed by atoms with Crippen molar-refractivity contribution >= 4 is 29.3 Å². The van der Waals surface area contributed by atoms with E-state index in [1.165, 1.54) is 18.9 Å². The number of amides is 2. The number of nitrogens with two attached hydrogens (primary N) is 1. The van der Waals surface area contributed by atoms with E-state index in [4.69, 9.17) is 19.9 Å². The minimum Gasteiger partial charge on any atom is -0.456 e. The van der Waals surface area contributed by atoms with Crippen LogP contribution in [0.4, 0.5) is 25.0 Å². The van der Waals surface area contributed by atoms with E-state index >= 15 is 0 Å². The van der Waals surface area contributed by atoms with E-state index in [-0.39, 0.29) is 56.6 Å². The van der Waals surface area contributed by atoms with Gasteiger partial charge in [0.25, 0.3) is 0 Å². The predicted octanol–water partition coefficient (Wildman–Crippen LogP) is 0.913. The Hall–Kier alpha value is -2.99. The van der Waals surface area contributed by atoms with Crippen LogP contribution in [-0.2, 0) is 23.8 Å². The van der Waals surface area contributed by atoms with Gasteiger partial charge >= 0.3 is 12.1 Å². The van der Waals surface area contributed by atoms with Crippen LogP contribution in [0.1, 0.15) is 19.8 Å². The Labute approximate surface area is 189 Å². The van der Waals surface area contributed by atoms with Gasteiger partial charge in [-0.2, -0.15) is 0 Å². The SMILES string of the molecule is COCC1(OC(=O)CN)CCN(c2c(F)cc(N3CC(CNC(C)=O)OC3=O)cc2F)CC1. The molecule has 3 N–H and O–H groups in total. The van der Waals surface area contributed by atoms with Crippen molar-refractivity contribution in [3.05, 3.63) is 23.8 Å². The maximum Gasteiger partial charge on any atom is 0.414 e. The molecule has 1 unspecified atom stereocenters. The smallest absolute Gasteiger partial charge is 0.414 e. The zero-order chi connectivity index (χ0) is 24.2. The molecule has 2 saturated heterocycles. The van der Waals surface area contributed by atoms with Crippen molar-refractivity contribution in [2.75, 3.05) is 56.2 Å². The van der Waals surface area contributed by atoms with Gasteiger partial charge in [0.1, 0.15) is 17.4 Å². The lowest BCUT2D eigenvalue weighted by molar-refractivity contribution is -0.166. The number of hydrogen-bond acceptors (Lipinski definition) is 8. The summed E-state index contributed by atoms with van der Waals surface area (Å²) in [6, 6.07) is 2.15. The summed E-state index contributed by atoms with van der Waals surface area (Å²) >= 11 is 0. The van der Waals surface area contributed by atoms with Crippen LogP contribution in [0.5, 0.6) is 0 Å². The van der Waals surface area contributed by atoms with Crippen LogP contribution in [0.2, 0.25) is 0 Å². The second-order valence-corrected chi connectivity index (χ2v) is 8.09. The average molecular weight is 470 g/mol. The highest BCUT2D eigenvalue weighted by Gasteiger charge is 2.40.